The van der Waals surface area contributed by atoms with Crippen LogP contribution < -0.4 is 11.5 Å². The molecule has 4 aliphatic rings. The summed E-state index contributed by atoms with van der Waals surface area (Å²) in [6, 6.07) is 8.67. The molecule has 3 heteroatoms. The quantitative estimate of drug-likeness (QED) is 0.594. The molecule has 0 spiro atoms. The maximum absolute atomic E-state index is 12.6. The Balaban J connectivity index is 1.24. The van der Waals surface area contributed by atoms with Crippen LogP contribution in [-0.2, 0) is 19.3 Å². The predicted molar refractivity (Wildman–Crippen MR) is 113 cm³/mol. The Labute approximate surface area is 166 Å². The second kappa shape index (κ2) is 5.62. The number of carbonyl (C=O) groups is 1. The van der Waals surface area contributed by atoms with Crippen LogP contribution in [-0.4, -0.2) is 5.78 Å². The lowest BCUT2D eigenvalue weighted by atomic mass is 9.71. The molecule has 0 heterocycles. The molecule has 0 amide bonds. The average Bonchev–Trinajstić information content (AvgIpc) is 3.50. The zero-order valence-electron chi connectivity index (χ0n) is 16.5. The van der Waals surface area contributed by atoms with Crippen LogP contribution in [0.25, 0.3) is 0 Å². The summed E-state index contributed by atoms with van der Waals surface area (Å²) in [5, 5.41) is 0. The number of anilines is 2. The number of fused-ring (bicyclic) bond motifs is 2. The van der Waals surface area contributed by atoms with E-state index in [1.54, 1.807) is 0 Å². The van der Waals surface area contributed by atoms with Gasteiger partial charge < -0.3 is 11.5 Å². The van der Waals surface area contributed by atoms with Crippen LogP contribution in [0, 0.1) is 17.8 Å². The SMILES string of the molecule is C[C@@H](c1ccc2c(c1N)CC2)C1CC1C1Cc2ccc(C(=O)C3CC3)c(N)c21. The lowest BCUT2D eigenvalue weighted by Gasteiger charge is -2.34. The smallest absolute Gasteiger partial charge is 0.168 e. The summed E-state index contributed by atoms with van der Waals surface area (Å²) in [6.07, 6.45) is 6.75. The van der Waals surface area contributed by atoms with Crippen molar-refractivity contribution in [3.8, 4) is 0 Å². The highest BCUT2D eigenvalue weighted by Gasteiger charge is 2.51. The Kier molecular flexibility index (Phi) is 3.34. The molecule has 4 N–H and O–H groups in total. The number of ketones is 1. The van der Waals surface area contributed by atoms with Crippen molar-refractivity contribution in [2.24, 2.45) is 17.8 Å². The van der Waals surface area contributed by atoms with Crippen molar-refractivity contribution in [2.45, 2.75) is 57.3 Å². The minimum absolute atomic E-state index is 0.228. The van der Waals surface area contributed by atoms with Gasteiger partial charge in [-0.1, -0.05) is 25.1 Å². The molecule has 4 aliphatic carbocycles. The third-order valence-electron chi connectivity index (χ3n) is 8.07. The molecule has 6 rings (SSSR count). The number of benzene rings is 2. The fraction of sp³-hybridized carbons (Fsp3) is 0.480. The summed E-state index contributed by atoms with van der Waals surface area (Å²) in [5.41, 5.74) is 22.4. The van der Waals surface area contributed by atoms with E-state index in [1.165, 1.54) is 40.7 Å². The predicted octanol–water partition coefficient (Wildman–Crippen LogP) is 4.62. The van der Waals surface area contributed by atoms with Gasteiger partial charge in [0, 0.05) is 22.9 Å². The molecule has 0 aliphatic heterocycles. The Morgan fingerprint density at radius 2 is 1.82 bits per heavy atom. The third kappa shape index (κ3) is 2.25. The van der Waals surface area contributed by atoms with Crippen molar-refractivity contribution in [3.63, 3.8) is 0 Å². The molecule has 0 saturated heterocycles. The van der Waals surface area contributed by atoms with Gasteiger partial charge in [0.1, 0.15) is 0 Å². The van der Waals surface area contributed by atoms with Crippen molar-refractivity contribution in [2.75, 3.05) is 11.5 Å². The largest absolute Gasteiger partial charge is 0.398 e. The molecule has 0 radical (unpaired) electrons. The number of nitrogens with two attached hydrogens (primary N) is 2. The second-order valence-electron chi connectivity index (χ2n) is 9.61. The molecular formula is C25H28N2O. The third-order valence-corrected chi connectivity index (χ3v) is 8.07. The van der Waals surface area contributed by atoms with Gasteiger partial charge in [-0.3, -0.25) is 4.79 Å². The highest BCUT2D eigenvalue weighted by Crippen LogP contribution is 2.61. The van der Waals surface area contributed by atoms with Crippen LogP contribution in [0.5, 0.6) is 0 Å². The molecule has 28 heavy (non-hydrogen) atoms. The summed E-state index contributed by atoms with van der Waals surface area (Å²) >= 11 is 0. The summed E-state index contributed by atoms with van der Waals surface area (Å²) in [5.74, 6) is 2.88. The standard InChI is InChI=1S/C25H28N2O/c1-12(16-7-4-13-5-8-17(13)23(16)26)19-11-20(19)21-10-15-6-9-18(24(27)22(15)21)25(28)14-2-3-14/h4,6-7,9,12,14,19-21H,2-3,5,8,10-11,26-27H2,1H3/t12-,19?,20?,21?/m0/s1. The van der Waals surface area contributed by atoms with Crippen LogP contribution in [0.4, 0.5) is 11.4 Å². The molecule has 3 unspecified atom stereocenters. The maximum atomic E-state index is 12.6. The molecule has 0 aromatic heterocycles. The number of Topliss-reactive ketones (excluding diaryl/α,β-unsaturated/α-hetero) is 1. The molecule has 4 atom stereocenters. The van der Waals surface area contributed by atoms with E-state index in [-0.39, 0.29) is 11.7 Å². The topological polar surface area (TPSA) is 69.1 Å². The fourth-order valence-electron chi connectivity index (χ4n) is 5.89. The highest BCUT2D eigenvalue weighted by molar-refractivity contribution is 6.04. The summed E-state index contributed by atoms with van der Waals surface area (Å²) in [4.78, 5) is 12.6. The second-order valence-corrected chi connectivity index (χ2v) is 9.61. The van der Waals surface area contributed by atoms with Gasteiger partial charge in [0.15, 0.2) is 5.78 Å². The zero-order valence-corrected chi connectivity index (χ0v) is 16.5. The van der Waals surface area contributed by atoms with E-state index < -0.39 is 0 Å². The van der Waals surface area contributed by atoms with Gasteiger partial charge in [-0.2, -0.15) is 0 Å². The van der Waals surface area contributed by atoms with Crippen LogP contribution in [0.2, 0.25) is 0 Å². The Morgan fingerprint density at radius 1 is 1.04 bits per heavy atom. The minimum Gasteiger partial charge on any atom is -0.398 e. The normalized spacial score (nSPS) is 27.8. The molecule has 0 bridgehead atoms. The van der Waals surface area contributed by atoms with Gasteiger partial charge in [0.2, 0.25) is 0 Å². The first-order valence-electron chi connectivity index (χ1n) is 10.9. The van der Waals surface area contributed by atoms with E-state index in [4.69, 9.17) is 11.5 Å². The fourth-order valence-corrected chi connectivity index (χ4v) is 5.89. The molecule has 2 aromatic carbocycles. The van der Waals surface area contributed by atoms with Gasteiger partial charge >= 0.3 is 0 Å². The van der Waals surface area contributed by atoms with Crippen LogP contribution in [0.3, 0.4) is 0 Å². The summed E-state index contributed by atoms with van der Waals surface area (Å²) in [6.45, 7) is 2.34. The minimum atomic E-state index is 0.228. The van der Waals surface area contributed by atoms with Crippen molar-refractivity contribution in [3.05, 3.63) is 57.6 Å². The zero-order chi connectivity index (χ0) is 19.2. The number of nitrogen functional groups attached to an aromatic ring is 2. The van der Waals surface area contributed by atoms with E-state index >= 15 is 0 Å². The first-order chi connectivity index (χ1) is 13.5. The first kappa shape index (κ1) is 16.6. The number of hydrogen-bond acceptors (Lipinski definition) is 3. The van der Waals surface area contributed by atoms with Crippen molar-refractivity contribution >= 4 is 17.2 Å². The van der Waals surface area contributed by atoms with Gasteiger partial charge in [-0.15, -0.1) is 0 Å². The number of rotatable bonds is 5. The Bertz CT molecular complexity index is 1020. The Morgan fingerprint density at radius 3 is 2.54 bits per heavy atom. The molecule has 2 saturated carbocycles. The average molecular weight is 373 g/mol. The molecule has 144 valence electrons. The highest BCUT2D eigenvalue weighted by atomic mass is 16.1. The van der Waals surface area contributed by atoms with E-state index in [9.17, 15) is 4.79 Å². The van der Waals surface area contributed by atoms with Gasteiger partial charge in [0.25, 0.3) is 0 Å². The number of aryl methyl sites for hydroxylation is 1. The van der Waals surface area contributed by atoms with Crippen LogP contribution in [0.15, 0.2) is 24.3 Å². The number of carbonyl (C=O) groups excluding carboxylic acids is 1. The number of hydrogen-bond donors (Lipinski definition) is 2. The summed E-state index contributed by atoms with van der Waals surface area (Å²) in [7, 11) is 0. The van der Waals surface area contributed by atoms with Gasteiger partial charge in [-0.25, -0.2) is 0 Å². The molecule has 3 nitrogen and oxygen atoms in total. The summed E-state index contributed by atoms with van der Waals surface area (Å²) < 4.78 is 0. The van der Waals surface area contributed by atoms with Crippen molar-refractivity contribution < 1.29 is 4.79 Å². The Hall–Kier alpha value is -2.29. The van der Waals surface area contributed by atoms with E-state index in [2.05, 4.69) is 25.1 Å². The monoisotopic (exact) mass is 372 g/mol. The van der Waals surface area contributed by atoms with Gasteiger partial charge in [0.05, 0.1) is 0 Å². The van der Waals surface area contributed by atoms with Crippen LogP contribution in [0.1, 0.15) is 76.2 Å². The van der Waals surface area contributed by atoms with E-state index in [0.29, 0.717) is 23.7 Å². The first-order valence-corrected chi connectivity index (χ1v) is 10.9. The molecule has 2 fully saturated rings. The van der Waals surface area contributed by atoms with E-state index in [0.717, 1.165) is 42.6 Å². The van der Waals surface area contributed by atoms with Crippen molar-refractivity contribution in [1.29, 1.82) is 0 Å². The molecular weight excluding hydrogens is 344 g/mol. The lowest BCUT2D eigenvalue weighted by molar-refractivity contribution is 0.0968. The molecule has 2 aromatic rings. The van der Waals surface area contributed by atoms with Crippen molar-refractivity contribution in [1.82, 2.24) is 0 Å². The van der Waals surface area contributed by atoms with Gasteiger partial charge in [-0.05, 0) is 96.1 Å². The van der Waals surface area contributed by atoms with E-state index in [1.807, 2.05) is 6.07 Å². The lowest BCUT2D eigenvalue weighted by Crippen LogP contribution is -2.24. The maximum Gasteiger partial charge on any atom is 0.168 e. The van der Waals surface area contributed by atoms with Crippen LogP contribution >= 0.6 is 0 Å².